The molecule has 0 atom stereocenters. The third-order valence-electron chi connectivity index (χ3n) is 1.24. The van der Waals surface area contributed by atoms with Gasteiger partial charge in [-0.05, 0) is 37.9 Å². The molecule has 0 radical (unpaired) electrons. The zero-order valence-corrected chi connectivity index (χ0v) is 8.79. The Kier molecular flexibility index (Phi) is 2.69. The largest absolute Gasteiger partial charge is 0.501 e. The smallest absolute Gasteiger partial charge is 0.311 e. The molecule has 0 saturated heterocycles. The van der Waals surface area contributed by atoms with E-state index in [0.29, 0.717) is 4.47 Å². The molecular weight excluding hydrogens is 294 g/mol. The SMILES string of the molecule is O=[N+]([O-])c1ccc(Br)c(Br)c1O. The Morgan fingerprint density at radius 3 is 2.50 bits per heavy atom. The van der Waals surface area contributed by atoms with E-state index in [0.717, 1.165) is 0 Å². The van der Waals surface area contributed by atoms with Crippen LogP contribution in [0.4, 0.5) is 5.69 Å². The summed E-state index contributed by atoms with van der Waals surface area (Å²) in [6.07, 6.45) is 0. The first kappa shape index (κ1) is 9.47. The molecule has 0 spiro atoms. The fourth-order valence-corrected chi connectivity index (χ4v) is 1.33. The maximum atomic E-state index is 10.3. The molecule has 12 heavy (non-hydrogen) atoms. The molecular formula is C6H3Br2NO3. The van der Waals surface area contributed by atoms with Crippen LogP contribution in [0.5, 0.6) is 5.75 Å². The van der Waals surface area contributed by atoms with Gasteiger partial charge in [-0.25, -0.2) is 0 Å². The fourth-order valence-electron chi connectivity index (χ4n) is 0.677. The van der Waals surface area contributed by atoms with Crippen LogP contribution in [0.25, 0.3) is 0 Å². The van der Waals surface area contributed by atoms with Gasteiger partial charge in [0.25, 0.3) is 0 Å². The number of hydrogen-bond acceptors (Lipinski definition) is 3. The molecule has 0 fully saturated rings. The summed E-state index contributed by atoms with van der Waals surface area (Å²) in [6, 6.07) is 2.71. The average Bonchev–Trinajstić information content (AvgIpc) is 2.00. The first-order valence-electron chi connectivity index (χ1n) is 2.85. The molecule has 0 aliphatic carbocycles. The normalized spacial score (nSPS) is 9.83. The van der Waals surface area contributed by atoms with Gasteiger partial charge in [0.05, 0.1) is 9.40 Å². The van der Waals surface area contributed by atoms with E-state index in [1.165, 1.54) is 12.1 Å². The monoisotopic (exact) mass is 295 g/mol. The lowest BCUT2D eigenvalue weighted by molar-refractivity contribution is -0.386. The van der Waals surface area contributed by atoms with Gasteiger partial charge in [-0.15, -0.1) is 0 Å². The summed E-state index contributed by atoms with van der Waals surface area (Å²) in [6.45, 7) is 0. The molecule has 0 unspecified atom stereocenters. The van der Waals surface area contributed by atoms with Crippen LogP contribution in [0.15, 0.2) is 21.1 Å². The van der Waals surface area contributed by atoms with Crippen LogP contribution in [0.2, 0.25) is 0 Å². The Bertz CT molecular complexity index is 340. The van der Waals surface area contributed by atoms with Crippen molar-refractivity contribution in [2.45, 2.75) is 0 Å². The average molecular weight is 297 g/mol. The molecule has 1 aromatic rings. The zero-order chi connectivity index (χ0) is 9.30. The van der Waals surface area contributed by atoms with E-state index in [4.69, 9.17) is 0 Å². The van der Waals surface area contributed by atoms with Crippen molar-refractivity contribution in [3.8, 4) is 5.75 Å². The fraction of sp³-hybridized carbons (Fsp3) is 0. The van der Waals surface area contributed by atoms with E-state index in [1.54, 1.807) is 0 Å². The van der Waals surface area contributed by atoms with E-state index < -0.39 is 4.92 Å². The Morgan fingerprint density at radius 2 is 2.00 bits per heavy atom. The Hall–Kier alpha value is -0.620. The molecule has 0 aliphatic rings. The molecule has 1 N–H and O–H groups in total. The number of nitro groups is 1. The number of phenols is 1. The van der Waals surface area contributed by atoms with Gasteiger partial charge in [0.2, 0.25) is 5.75 Å². The molecule has 0 saturated carbocycles. The highest BCUT2D eigenvalue weighted by atomic mass is 79.9. The highest BCUT2D eigenvalue weighted by Gasteiger charge is 2.17. The van der Waals surface area contributed by atoms with Crippen molar-refractivity contribution in [1.29, 1.82) is 0 Å². The van der Waals surface area contributed by atoms with Crippen LogP contribution in [-0.2, 0) is 0 Å². The summed E-state index contributed by atoms with van der Waals surface area (Å²) >= 11 is 6.10. The number of benzene rings is 1. The minimum atomic E-state index is -0.646. The topological polar surface area (TPSA) is 63.4 Å². The van der Waals surface area contributed by atoms with Crippen LogP contribution in [-0.4, -0.2) is 10.0 Å². The second-order valence-electron chi connectivity index (χ2n) is 1.99. The molecule has 0 aliphatic heterocycles. The van der Waals surface area contributed by atoms with Gasteiger partial charge in [-0.2, -0.15) is 0 Å². The first-order chi connectivity index (χ1) is 5.54. The Labute approximate surface area is 84.6 Å². The van der Waals surface area contributed by atoms with E-state index in [9.17, 15) is 15.2 Å². The quantitative estimate of drug-likeness (QED) is 0.640. The lowest BCUT2D eigenvalue weighted by atomic mass is 10.3. The lowest BCUT2D eigenvalue weighted by Crippen LogP contribution is -1.88. The van der Waals surface area contributed by atoms with Crippen molar-refractivity contribution in [1.82, 2.24) is 0 Å². The predicted octanol–water partition coefficient (Wildman–Crippen LogP) is 2.83. The Balaban J connectivity index is 3.36. The van der Waals surface area contributed by atoms with E-state index in [1.807, 2.05) is 0 Å². The van der Waals surface area contributed by atoms with Gasteiger partial charge in [-0.3, -0.25) is 10.1 Å². The molecule has 0 aromatic heterocycles. The number of halogens is 2. The molecule has 64 valence electrons. The van der Waals surface area contributed by atoms with Crippen LogP contribution in [0, 0.1) is 10.1 Å². The number of nitrogens with zero attached hydrogens (tertiary/aromatic N) is 1. The van der Waals surface area contributed by atoms with Gasteiger partial charge in [0, 0.05) is 10.5 Å². The van der Waals surface area contributed by atoms with Crippen LogP contribution in [0.1, 0.15) is 0 Å². The molecule has 6 heteroatoms. The summed E-state index contributed by atoms with van der Waals surface area (Å²) in [7, 11) is 0. The van der Waals surface area contributed by atoms with Crippen LogP contribution >= 0.6 is 31.9 Å². The number of nitro benzene ring substituents is 1. The van der Waals surface area contributed by atoms with Gasteiger partial charge in [0.15, 0.2) is 0 Å². The standard InChI is InChI=1S/C6H3Br2NO3/c7-3-1-2-4(9(11)12)6(10)5(3)8/h1-2,10H. The molecule has 4 nitrogen and oxygen atoms in total. The van der Waals surface area contributed by atoms with Gasteiger partial charge >= 0.3 is 5.69 Å². The van der Waals surface area contributed by atoms with E-state index in [-0.39, 0.29) is 15.9 Å². The maximum Gasteiger partial charge on any atom is 0.311 e. The van der Waals surface area contributed by atoms with Crippen LogP contribution < -0.4 is 0 Å². The second-order valence-corrected chi connectivity index (χ2v) is 3.63. The molecule has 0 amide bonds. The predicted molar refractivity (Wildman–Crippen MR) is 50.2 cm³/mol. The van der Waals surface area contributed by atoms with Crippen molar-refractivity contribution in [2.24, 2.45) is 0 Å². The lowest BCUT2D eigenvalue weighted by Gasteiger charge is -1.99. The van der Waals surface area contributed by atoms with Crippen molar-refractivity contribution in [3.05, 3.63) is 31.2 Å². The second kappa shape index (κ2) is 3.40. The minimum Gasteiger partial charge on any atom is -0.501 e. The molecule has 1 rings (SSSR count). The van der Waals surface area contributed by atoms with Crippen molar-refractivity contribution < 1.29 is 10.0 Å². The minimum absolute atomic E-state index is 0.289. The third kappa shape index (κ3) is 1.59. The van der Waals surface area contributed by atoms with Crippen molar-refractivity contribution in [3.63, 3.8) is 0 Å². The first-order valence-corrected chi connectivity index (χ1v) is 4.44. The number of aromatic hydroxyl groups is 1. The Morgan fingerprint density at radius 1 is 1.42 bits per heavy atom. The summed E-state index contributed by atoms with van der Waals surface area (Å²) in [4.78, 5) is 9.65. The van der Waals surface area contributed by atoms with Gasteiger partial charge in [0.1, 0.15) is 0 Å². The number of rotatable bonds is 1. The molecule has 0 bridgehead atoms. The number of hydrogen-bond donors (Lipinski definition) is 1. The highest BCUT2D eigenvalue weighted by molar-refractivity contribution is 9.13. The summed E-state index contributed by atoms with van der Waals surface area (Å²) in [5.74, 6) is -0.366. The van der Waals surface area contributed by atoms with E-state index in [2.05, 4.69) is 31.9 Å². The van der Waals surface area contributed by atoms with Crippen molar-refractivity contribution in [2.75, 3.05) is 0 Å². The van der Waals surface area contributed by atoms with Gasteiger partial charge < -0.3 is 5.11 Å². The zero-order valence-electron chi connectivity index (χ0n) is 5.62. The van der Waals surface area contributed by atoms with Crippen LogP contribution in [0.3, 0.4) is 0 Å². The summed E-state index contributed by atoms with van der Waals surface area (Å²) in [5, 5.41) is 19.5. The summed E-state index contributed by atoms with van der Waals surface area (Å²) < 4.78 is 0.863. The molecule has 0 heterocycles. The highest BCUT2D eigenvalue weighted by Crippen LogP contribution is 2.38. The summed E-state index contributed by atoms with van der Waals surface area (Å²) in [5.41, 5.74) is -0.315. The number of phenolic OH excluding ortho intramolecular Hbond substituents is 1. The third-order valence-corrected chi connectivity index (χ3v) is 3.24. The maximum absolute atomic E-state index is 10.3. The van der Waals surface area contributed by atoms with E-state index >= 15 is 0 Å². The van der Waals surface area contributed by atoms with Crippen molar-refractivity contribution >= 4 is 37.5 Å². The molecule has 1 aromatic carbocycles. The van der Waals surface area contributed by atoms with Gasteiger partial charge in [-0.1, -0.05) is 0 Å².